The van der Waals surface area contributed by atoms with Crippen molar-refractivity contribution in [3.8, 4) is 5.75 Å². The highest BCUT2D eigenvalue weighted by Crippen LogP contribution is 2.20. The molecule has 0 saturated carbocycles. The van der Waals surface area contributed by atoms with Crippen LogP contribution < -0.4 is 10.7 Å². The van der Waals surface area contributed by atoms with Gasteiger partial charge in [-0.2, -0.15) is 5.10 Å². The largest absolute Gasteiger partial charge is 0.507 e. The van der Waals surface area contributed by atoms with E-state index in [0.717, 1.165) is 22.2 Å². The minimum atomic E-state index is -0.628. The predicted molar refractivity (Wildman–Crippen MR) is 129 cm³/mol. The molecule has 164 valence electrons. The van der Waals surface area contributed by atoms with Crippen LogP contribution in [-0.2, 0) is 4.79 Å². The third-order valence-corrected chi connectivity index (χ3v) is 5.07. The van der Waals surface area contributed by atoms with Crippen LogP contribution in [0.2, 0.25) is 0 Å². The van der Waals surface area contributed by atoms with Gasteiger partial charge in [-0.15, -0.1) is 0 Å². The number of fused-ring (bicyclic) bond motifs is 1. The highest BCUT2D eigenvalue weighted by atomic mass is 16.3. The third kappa shape index (κ3) is 4.99. The van der Waals surface area contributed by atoms with Gasteiger partial charge in [-0.3, -0.25) is 9.59 Å². The minimum Gasteiger partial charge on any atom is -0.507 e. The molecule has 0 aliphatic rings. The van der Waals surface area contributed by atoms with Crippen LogP contribution in [0.4, 0.5) is 0 Å². The highest BCUT2D eigenvalue weighted by molar-refractivity contribution is 6.06. The van der Waals surface area contributed by atoms with E-state index in [1.54, 1.807) is 54.7 Å². The van der Waals surface area contributed by atoms with Crippen molar-refractivity contribution in [2.24, 2.45) is 5.10 Å². The Labute approximate surface area is 190 Å². The van der Waals surface area contributed by atoms with Crippen molar-refractivity contribution in [1.29, 1.82) is 0 Å². The van der Waals surface area contributed by atoms with Crippen LogP contribution in [0.3, 0.4) is 0 Å². The quantitative estimate of drug-likeness (QED) is 0.207. The monoisotopic (exact) mass is 438 g/mol. The van der Waals surface area contributed by atoms with Gasteiger partial charge >= 0.3 is 0 Å². The number of phenolic OH excluding ortho intramolecular Hbond substituents is 1. The van der Waals surface area contributed by atoms with Crippen LogP contribution in [0.5, 0.6) is 5.75 Å². The molecule has 4 rings (SSSR count). The number of amides is 2. The van der Waals surface area contributed by atoms with Gasteiger partial charge in [0.05, 0.1) is 6.21 Å². The number of H-pyrrole nitrogens is 1. The first-order valence-electron chi connectivity index (χ1n) is 10.3. The van der Waals surface area contributed by atoms with Crippen molar-refractivity contribution in [2.45, 2.75) is 6.92 Å². The lowest BCUT2D eigenvalue weighted by Gasteiger charge is -2.09. The van der Waals surface area contributed by atoms with Crippen molar-refractivity contribution < 1.29 is 14.7 Å². The molecule has 0 aliphatic heterocycles. The van der Waals surface area contributed by atoms with Crippen LogP contribution in [0, 0.1) is 6.92 Å². The Bertz CT molecular complexity index is 1370. The zero-order valence-corrected chi connectivity index (χ0v) is 17.9. The molecule has 1 aromatic heterocycles. The fraction of sp³-hybridized carbons (Fsp3) is 0.0385. The molecular weight excluding hydrogens is 416 g/mol. The Hall–Kier alpha value is -4.65. The molecule has 7 heteroatoms. The standard InChI is InChI=1S/C26H22N4O3/c1-17-21(20-12-6-7-13-22(20)28-17)16-27-30-26(33)23(15-19-11-5-8-14-24(19)31)29-25(32)18-9-3-2-4-10-18/h2-16,28,31H,1H3,(H,29,32)(H,30,33)/b23-15-,27-16+. The molecule has 0 bridgehead atoms. The van der Waals surface area contributed by atoms with Crippen LogP contribution in [0.25, 0.3) is 17.0 Å². The number of carbonyl (C=O) groups excluding carboxylic acids is 2. The van der Waals surface area contributed by atoms with E-state index in [-0.39, 0.29) is 11.4 Å². The molecule has 0 saturated heterocycles. The van der Waals surface area contributed by atoms with E-state index in [0.29, 0.717) is 11.1 Å². The van der Waals surface area contributed by atoms with Gasteiger partial charge in [0.2, 0.25) is 0 Å². The van der Waals surface area contributed by atoms with Crippen molar-refractivity contribution >= 4 is 35.0 Å². The van der Waals surface area contributed by atoms with E-state index in [9.17, 15) is 14.7 Å². The summed E-state index contributed by atoms with van der Waals surface area (Å²) in [4.78, 5) is 28.8. The van der Waals surface area contributed by atoms with Gasteiger partial charge in [0, 0.05) is 33.3 Å². The maximum Gasteiger partial charge on any atom is 0.287 e. The average Bonchev–Trinajstić information content (AvgIpc) is 3.15. The highest BCUT2D eigenvalue weighted by Gasteiger charge is 2.15. The van der Waals surface area contributed by atoms with Crippen LogP contribution in [0.15, 0.2) is 89.7 Å². The fourth-order valence-electron chi connectivity index (χ4n) is 3.39. The Kier molecular flexibility index (Phi) is 6.31. The molecule has 0 atom stereocenters. The third-order valence-electron chi connectivity index (χ3n) is 5.07. The molecule has 0 spiro atoms. The van der Waals surface area contributed by atoms with Gasteiger partial charge in [-0.05, 0) is 37.3 Å². The van der Waals surface area contributed by atoms with E-state index in [4.69, 9.17) is 0 Å². The molecule has 33 heavy (non-hydrogen) atoms. The predicted octanol–water partition coefficient (Wildman–Crippen LogP) is 4.10. The van der Waals surface area contributed by atoms with Crippen molar-refractivity contribution in [2.75, 3.05) is 0 Å². The summed E-state index contributed by atoms with van der Waals surface area (Å²) < 4.78 is 0. The normalized spacial score (nSPS) is 11.6. The number of hydrogen-bond acceptors (Lipinski definition) is 4. The second kappa shape index (κ2) is 9.65. The molecule has 0 fully saturated rings. The number of carbonyl (C=O) groups is 2. The number of aromatic amines is 1. The number of hydrazone groups is 1. The molecule has 7 nitrogen and oxygen atoms in total. The summed E-state index contributed by atoms with van der Waals surface area (Å²) in [5, 5.41) is 17.8. The van der Waals surface area contributed by atoms with Gasteiger partial charge in [-0.1, -0.05) is 54.6 Å². The summed E-state index contributed by atoms with van der Waals surface area (Å²) in [6.45, 7) is 1.92. The lowest BCUT2D eigenvalue weighted by atomic mass is 10.1. The second-order valence-corrected chi connectivity index (χ2v) is 7.35. The zero-order chi connectivity index (χ0) is 23.2. The SMILES string of the molecule is Cc1[nH]c2ccccc2c1/C=N/NC(=O)/C(=C/c1ccccc1O)NC(=O)c1ccccc1. The maximum absolute atomic E-state index is 12.9. The summed E-state index contributed by atoms with van der Waals surface area (Å²) >= 11 is 0. The molecule has 3 aromatic carbocycles. The van der Waals surface area contributed by atoms with E-state index < -0.39 is 11.8 Å². The molecule has 1 heterocycles. The molecule has 0 unspecified atom stereocenters. The van der Waals surface area contributed by atoms with E-state index in [1.807, 2.05) is 31.2 Å². The average molecular weight is 438 g/mol. The van der Waals surface area contributed by atoms with Crippen LogP contribution in [0.1, 0.15) is 27.2 Å². The molecular formula is C26H22N4O3. The van der Waals surface area contributed by atoms with Gasteiger partial charge in [0.25, 0.3) is 11.8 Å². The van der Waals surface area contributed by atoms with E-state index >= 15 is 0 Å². The summed E-state index contributed by atoms with van der Waals surface area (Å²) in [5.74, 6) is -1.10. The Balaban J connectivity index is 1.58. The summed E-state index contributed by atoms with van der Waals surface area (Å²) in [5.41, 5.74) is 5.92. The number of benzene rings is 3. The van der Waals surface area contributed by atoms with E-state index in [1.165, 1.54) is 12.1 Å². The number of para-hydroxylation sites is 2. The van der Waals surface area contributed by atoms with Crippen LogP contribution >= 0.6 is 0 Å². The summed E-state index contributed by atoms with van der Waals surface area (Å²) in [6.07, 6.45) is 2.96. The number of phenols is 1. The van der Waals surface area contributed by atoms with Gasteiger partial charge in [0.15, 0.2) is 0 Å². The molecule has 2 amide bonds. The maximum atomic E-state index is 12.9. The van der Waals surface area contributed by atoms with Crippen LogP contribution in [-0.4, -0.2) is 28.1 Å². The number of rotatable bonds is 6. The lowest BCUT2D eigenvalue weighted by molar-refractivity contribution is -0.117. The first-order chi connectivity index (χ1) is 16.0. The number of aromatic nitrogens is 1. The topological polar surface area (TPSA) is 107 Å². The Morgan fingerprint density at radius 3 is 2.42 bits per heavy atom. The van der Waals surface area contributed by atoms with Crippen molar-refractivity contribution in [1.82, 2.24) is 15.7 Å². The summed E-state index contributed by atoms with van der Waals surface area (Å²) in [7, 11) is 0. The number of nitrogens with one attached hydrogen (secondary N) is 3. The first-order valence-corrected chi connectivity index (χ1v) is 10.3. The Morgan fingerprint density at radius 2 is 1.64 bits per heavy atom. The zero-order valence-electron chi connectivity index (χ0n) is 17.9. The smallest absolute Gasteiger partial charge is 0.287 e. The van der Waals surface area contributed by atoms with Gasteiger partial charge in [-0.25, -0.2) is 5.43 Å². The fourth-order valence-corrected chi connectivity index (χ4v) is 3.39. The van der Waals surface area contributed by atoms with Crippen molar-refractivity contribution in [3.05, 3.63) is 107 Å². The van der Waals surface area contributed by atoms with Gasteiger partial charge < -0.3 is 15.4 Å². The first kappa shape index (κ1) is 21.6. The van der Waals surface area contributed by atoms with Gasteiger partial charge in [0.1, 0.15) is 11.4 Å². The number of nitrogens with zero attached hydrogens (tertiary/aromatic N) is 1. The molecule has 0 aliphatic carbocycles. The Morgan fingerprint density at radius 1 is 0.939 bits per heavy atom. The number of aryl methyl sites for hydroxylation is 1. The van der Waals surface area contributed by atoms with E-state index in [2.05, 4.69) is 20.8 Å². The lowest BCUT2D eigenvalue weighted by Crippen LogP contribution is -2.32. The molecule has 0 radical (unpaired) electrons. The number of aromatic hydroxyl groups is 1. The summed E-state index contributed by atoms with van der Waals surface area (Å²) in [6, 6.07) is 22.9. The number of hydrogen-bond donors (Lipinski definition) is 4. The molecule has 4 aromatic rings. The minimum absolute atomic E-state index is 0.0188. The van der Waals surface area contributed by atoms with Crippen molar-refractivity contribution in [3.63, 3.8) is 0 Å². The second-order valence-electron chi connectivity index (χ2n) is 7.35. The molecule has 4 N–H and O–H groups in total.